The number of hydrogen-bond donors (Lipinski definition) is 2. The predicted molar refractivity (Wildman–Crippen MR) is 103 cm³/mol. The molecule has 1 aromatic carbocycles. The van der Waals surface area contributed by atoms with Crippen molar-refractivity contribution < 1.29 is 0 Å². The fraction of sp³-hybridized carbons (Fsp3) is 0.619. The van der Waals surface area contributed by atoms with Gasteiger partial charge in [0, 0.05) is 11.6 Å². The first-order valence-electron chi connectivity index (χ1n) is 9.32. The van der Waals surface area contributed by atoms with Gasteiger partial charge in [0.2, 0.25) is 0 Å². The maximum atomic E-state index is 3.95. The fourth-order valence-corrected chi connectivity index (χ4v) is 3.77. The summed E-state index contributed by atoms with van der Waals surface area (Å²) in [5, 5.41) is 7.62. The van der Waals surface area contributed by atoms with E-state index in [1.807, 2.05) is 6.08 Å². The molecule has 0 aromatic heterocycles. The average Bonchev–Trinajstić information content (AvgIpc) is 2.51. The Balaban J connectivity index is 2.18. The third-order valence-electron chi connectivity index (χ3n) is 4.97. The number of rotatable bonds is 8. The number of nitrogens with one attached hydrogen (secondary N) is 2. The van der Waals surface area contributed by atoms with Gasteiger partial charge in [0.15, 0.2) is 0 Å². The van der Waals surface area contributed by atoms with Crippen molar-refractivity contribution in [1.82, 2.24) is 0 Å². The number of hydrogen-bond acceptors (Lipinski definition) is 2. The highest BCUT2D eigenvalue weighted by atomic mass is 15.0. The first-order chi connectivity index (χ1) is 11.1. The van der Waals surface area contributed by atoms with E-state index in [1.54, 1.807) is 0 Å². The first-order valence-corrected chi connectivity index (χ1v) is 9.32. The zero-order chi connectivity index (χ0) is 16.7. The van der Waals surface area contributed by atoms with Gasteiger partial charge in [-0.3, -0.25) is 0 Å². The van der Waals surface area contributed by atoms with E-state index < -0.39 is 0 Å². The van der Waals surface area contributed by atoms with Crippen molar-refractivity contribution in [3.05, 3.63) is 36.4 Å². The Morgan fingerprint density at radius 2 is 1.96 bits per heavy atom. The molecule has 2 rings (SSSR count). The van der Waals surface area contributed by atoms with Gasteiger partial charge in [0.25, 0.3) is 0 Å². The second-order valence-electron chi connectivity index (χ2n) is 7.46. The molecule has 0 bridgehead atoms. The van der Waals surface area contributed by atoms with Crippen LogP contribution in [0.5, 0.6) is 0 Å². The van der Waals surface area contributed by atoms with Crippen LogP contribution in [0.3, 0.4) is 0 Å². The van der Waals surface area contributed by atoms with E-state index in [9.17, 15) is 0 Å². The van der Waals surface area contributed by atoms with E-state index in [0.717, 1.165) is 12.8 Å². The summed E-state index contributed by atoms with van der Waals surface area (Å²) < 4.78 is 0. The van der Waals surface area contributed by atoms with Gasteiger partial charge in [-0.05, 0) is 57.2 Å². The maximum absolute atomic E-state index is 3.95. The van der Waals surface area contributed by atoms with E-state index in [0.29, 0.717) is 6.04 Å². The van der Waals surface area contributed by atoms with Crippen LogP contribution in [-0.4, -0.2) is 11.6 Å². The van der Waals surface area contributed by atoms with Gasteiger partial charge in [0.05, 0.1) is 11.4 Å². The molecule has 23 heavy (non-hydrogen) atoms. The van der Waals surface area contributed by atoms with E-state index in [2.05, 4.69) is 56.2 Å². The molecule has 2 nitrogen and oxygen atoms in total. The number of anilines is 2. The Bertz CT molecular complexity index is 503. The molecule has 1 aliphatic carbocycles. The fourth-order valence-electron chi connectivity index (χ4n) is 3.77. The van der Waals surface area contributed by atoms with Crippen LogP contribution in [0.15, 0.2) is 30.9 Å². The smallest absolute Gasteiger partial charge is 0.0583 e. The zero-order valence-corrected chi connectivity index (χ0v) is 15.3. The average molecular weight is 315 g/mol. The molecule has 1 atom stereocenters. The molecule has 1 aromatic rings. The summed E-state index contributed by atoms with van der Waals surface area (Å²) in [6.45, 7) is 10.7. The molecule has 1 aliphatic rings. The minimum atomic E-state index is 0.0767. The highest BCUT2D eigenvalue weighted by molar-refractivity contribution is 5.71. The summed E-state index contributed by atoms with van der Waals surface area (Å²) in [6, 6.07) is 7.36. The van der Waals surface area contributed by atoms with Gasteiger partial charge < -0.3 is 10.6 Å². The largest absolute Gasteiger partial charge is 0.381 e. The van der Waals surface area contributed by atoms with Crippen LogP contribution in [0, 0.1) is 6.92 Å². The zero-order valence-electron chi connectivity index (χ0n) is 15.3. The van der Waals surface area contributed by atoms with Gasteiger partial charge in [-0.25, -0.2) is 0 Å². The summed E-state index contributed by atoms with van der Waals surface area (Å²) in [6.07, 6.45) is 12.0. The summed E-state index contributed by atoms with van der Waals surface area (Å²) in [4.78, 5) is 0. The lowest BCUT2D eigenvalue weighted by Gasteiger charge is -2.33. The molecule has 1 saturated carbocycles. The third-order valence-corrected chi connectivity index (χ3v) is 4.97. The van der Waals surface area contributed by atoms with E-state index in [-0.39, 0.29) is 5.54 Å². The lowest BCUT2D eigenvalue weighted by atomic mass is 9.91. The van der Waals surface area contributed by atoms with Crippen molar-refractivity contribution in [2.24, 2.45) is 0 Å². The van der Waals surface area contributed by atoms with Crippen LogP contribution in [0.4, 0.5) is 11.4 Å². The van der Waals surface area contributed by atoms with Crippen molar-refractivity contribution in [3.63, 3.8) is 0 Å². The Hall–Kier alpha value is -1.44. The van der Waals surface area contributed by atoms with Crippen LogP contribution in [0.2, 0.25) is 0 Å². The predicted octanol–water partition coefficient (Wildman–Crippen LogP) is 6.29. The minimum absolute atomic E-state index is 0.0767. The number of aryl methyl sites for hydroxylation is 1. The molecule has 0 radical (unpaired) electrons. The van der Waals surface area contributed by atoms with Crippen molar-refractivity contribution in [2.75, 3.05) is 10.6 Å². The standard InChI is InChI=1S/C21H34N2/c1-5-14-21(4,15-6-2)23-20-16-17(3)12-13-19(20)22-18-10-8-7-9-11-18/h5,12-13,16,18,22-23H,1,6-11,14-15H2,2-4H3. The molecule has 0 amide bonds. The van der Waals surface area contributed by atoms with E-state index in [1.165, 1.54) is 55.5 Å². The van der Waals surface area contributed by atoms with Crippen molar-refractivity contribution >= 4 is 11.4 Å². The quantitative estimate of drug-likeness (QED) is 0.551. The maximum Gasteiger partial charge on any atom is 0.0583 e. The molecule has 0 heterocycles. The SMILES string of the molecule is C=CCC(C)(CCC)Nc1cc(C)ccc1NC1CCCCC1. The second-order valence-corrected chi connectivity index (χ2v) is 7.46. The molecule has 2 heteroatoms. The molecule has 1 unspecified atom stereocenters. The lowest BCUT2D eigenvalue weighted by molar-refractivity contribution is 0.461. The van der Waals surface area contributed by atoms with Crippen LogP contribution < -0.4 is 10.6 Å². The molecule has 0 saturated heterocycles. The highest BCUT2D eigenvalue weighted by Gasteiger charge is 2.23. The van der Waals surface area contributed by atoms with Crippen LogP contribution in [-0.2, 0) is 0 Å². The van der Waals surface area contributed by atoms with Crippen molar-refractivity contribution in [1.29, 1.82) is 0 Å². The minimum Gasteiger partial charge on any atom is -0.381 e. The first kappa shape index (κ1) is 17.9. The Labute approximate surface area is 142 Å². The Morgan fingerprint density at radius 1 is 1.22 bits per heavy atom. The van der Waals surface area contributed by atoms with Crippen LogP contribution in [0.25, 0.3) is 0 Å². The third kappa shape index (κ3) is 5.30. The Kier molecular flexibility index (Phi) is 6.56. The van der Waals surface area contributed by atoms with Crippen molar-refractivity contribution in [3.8, 4) is 0 Å². The lowest BCUT2D eigenvalue weighted by Crippen LogP contribution is -2.34. The van der Waals surface area contributed by atoms with Gasteiger partial charge in [-0.2, -0.15) is 0 Å². The van der Waals surface area contributed by atoms with Gasteiger partial charge in [0.1, 0.15) is 0 Å². The highest BCUT2D eigenvalue weighted by Crippen LogP contribution is 2.32. The molecule has 1 fully saturated rings. The van der Waals surface area contributed by atoms with Crippen LogP contribution in [0.1, 0.15) is 70.8 Å². The normalized spacial score (nSPS) is 18.2. The number of benzene rings is 1. The summed E-state index contributed by atoms with van der Waals surface area (Å²) >= 11 is 0. The summed E-state index contributed by atoms with van der Waals surface area (Å²) in [7, 11) is 0. The summed E-state index contributed by atoms with van der Waals surface area (Å²) in [5.74, 6) is 0. The molecular formula is C21H34N2. The topological polar surface area (TPSA) is 24.1 Å². The van der Waals surface area contributed by atoms with Gasteiger partial charge >= 0.3 is 0 Å². The Morgan fingerprint density at radius 3 is 2.61 bits per heavy atom. The molecular weight excluding hydrogens is 280 g/mol. The van der Waals surface area contributed by atoms with Crippen LogP contribution >= 0.6 is 0 Å². The molecule has 128 valence electrons. The van der Waals surface area contributed by atoms with E-state index >= 15 is 0 Å². The van der Waals surface area contributed by atoms with Crippen molar-refractivity contribution in [2.45, 2.75) is 83.7 Å². The summed E-state index contributed by atoms with van der Waals surface area (Å²) in [5.41, 5.74) is 3.88. The molecule has 0 spiro atoms. The molecule has 2 N–H and O–H groups in total. The van der Waals surface area contributed by atoms with E-state index in [4.69, 9.17) is 0 Å². The monoisotopic (exact) mass is 314 g/mol. The second kappa shape index (κ2) is 8.42. The molecule has 0 aliphatic heterocycles. The van der Waals surface area contributed by atoms with Gasteiger partial charge in [-0.15, -0.1) is 6.58 Å². The van der Waals surface area contributed by atoms with Gasteiger partial charge in [-0.1, -0.05) is 44.7 Å².